The van der Waals surface area contributed by atoms with Crippen LogP contribution in [0.3, 0.4) is 0 Å². The van der Waals surface area contributed by atoms with Gasteiger partial charge in [0.2, 0.25) is 10.0 Å². The Bertz CT molecular complexity index is 598. The van der Waals surface area contributed by atoms with E-state index >= 15 is 0 Å². The Kier molecular flexibility index (Phi) is 3.86. The zero-order valence-corrected chi connectivity index (χ0v) is 13.5. The molecule has 3 N–H and O–H groups in total. The minimum atomic E-state index is -3.49. The zero-order chi connectivity index (χ0) is 15.1. The summed E-state index contributed by atoms with van der Waals surface area (Å²) in [5.74, 6) is 0. The van der Waals surface area contributed by atoms with Crippen LogP contribution in [0.1, 0.15) is 44.2 Å². The summed E-state index contributed by atoms with van der Waals surface area (Å²) < 4.78 is 27.7. The van der Waals surface area contributed by atoms with Crippen molar-refractivity contribution < 1.29 is 8.42 Å². The molecule has 0 bridgehead atoms. The van der Waals surface area contributed by atoms with Crippen LogP contribution in [0.5, 0.6) is 0 Å². The zero-order valence-electron chi connectivity index (χ0n) is 12.7. The highest BCUT2D eigenvalue weighted by Gasteiger charge is 2.33. The SMILES string of the molecule is Cc1cc(S(=O)(=O)NC2CCC(C)(C)C2)cc(N)c1C. The predicted octanol–water partition coefficient (Wildman–Crippen LogP) is 2.74. The fourth-order valence-electron chi connectivity index (χ4n) is 2.83. The van der Waals surface area contributed by atoms with Crippen molar-refractivity contribution in [2.45, 2.75) is 57.9 Å². The van der Waals surface area contributed by atoms with E-state index < -0.39 is 10.0 Å². The summed E-state index contributed by atoms with van der Waals surface area (Å²) >= 11 is 0. The van der Waals surface area contributed by atoms with Gasteiger partial charge in [-0.1, -0.05) is 13.8 Å². The third-order valence-corrected chi connectivity index (χ3v) is 5.78. The van der Waals surface area contributed by atoms with E-state index in [1.165, 1.54) is 0 Å². The van der Waals surface area contributed by atoms with Crippen LogP contribution >= 0.6 is 0 Å². The number of rotatable bonds is 3. The Hall–Kier alpha value is -1.07. The van der Waals surface area contributed by atoms with Crippen molar-refractivity contribution in [3.63, 3.8) is 0 Å². The molecule has 2 rings (SSSR count). The Balaban J connectivity index is 2.23. The number of nitrogens with one attached hydrogen (secondary N) is 1. The molecule has 1 unspecified atom stereocenters. The molecule has 20 heavy (non-hydrogen) atoms. The molecule has 1 fully saturated rings. The molecule has 1 aliphatic carbocycles. The van der Waals surface area contributed by atoms with Crippen molar-refractivity contribution in [1.29, 1.82) is 0 Å². The second kappa shape index (κ2) is 5.04. The molecule has 5 heteroatoms. The van der Waals surface area contributed by atoms with Gasteiger partial charge in [-0.3, -0.25) is 0 Å². The van der Waals surface area contributed by atoms with Crippen molar-refractivity contribution in [3.8, 4) is 0 Å². The van der Waals surface area contributed by atoms with E-state index in [9.17, 15) is 8.42 Å². The van der Waals surface area contributed by atoms with E-state index in [-0.39, 0.29) is 16.4 Å². The maximum Gasteiger partial charge on any atom is 0.240 e. The molecule has 0 heterocycles. The van der Waals surface area contributed by atoms with E-state index in [2.05, 4.69) is 18.6 Å². The fraction of sp³-hybridized carbons (Fsp3) is 0.600. The highest BCUT2D eigenvalue weighted by Crippen LogP contribution is 2.37. The summed E-state index contributed by atoms with van der Waals surface area (Å²) in [4.78, 5) is 0.266. The Morgan fingerprint density at radius 2 is 1.95 bits per heavy atom. The molecule has 112 valence electrons. The highest BCUT2D eigenvalue weighted by molar-refractivity contribution is 7.89. The average Bonchev–Trinajstić information content (AvgIpc) is 2.64. The predicted molar refractivity (Wildman–Crippen MR) is 82.1 cm³/mol. The first-order valence-electron chi connectivity index (χ1n) is 7.00. The lowest BCUT2D eigenvalue weighted by Gasteiger charge is -2.18. The van der Waals surface area contributed by atoms with E-state index in [0.717, 1.165) is 30.4 Å². The first kappa shape index (κ1) is 15.3. The van der Waals surface area contributed by atoms with Crippen LogP contribution in [0.25, 0.3) is 0 Å². The van der Waals surface area contributed by atoms with Gasteiger partial charge in [-0.2, -0.15) is 0 Å². The molecule has 0 saturated heterocycles. The van der Waals surface area contributed by atoms with Gasteiger partial charge < -0.3 is 5.73 Å². The van der Waals surface area contributed by atoms with E-state index in [1.807, 2.05) is 13.8 Å². The second-order valence-electron chi connectivity index (χ2n) is 6.68. The highest BCUT2D eigenvalue weighted by atomic mass is 32.2. The average molecular weight is 296 g/mol. The molecule has 0 aromatic heterocycles. The van der Waals surface area contributed by atoms with Gasteiger partial charge in [-0.25, -0.2) is 13.1 Å². The van der Waals surface area contributed by atoms with Crippen LogP contribution in [-0.4, -0.2) is 14.5 Å². The molecule has 0 amide bonds. The first-order chi connectivity index (χ1) is 9.11. The van der Waals surface area contributed by atoms with Crippen LogP contribution in [-0.2, 0) is 10.0 Å². The van der Waals surface area contributed by atoms with Gasteiger partial charge in [-0.15, -0.1) is 0 Å². The third-order valence-electron chi connectivity index (χ3n) is 4.28. The van der Waals surface area contributed by atoms with Crippen molar-refractivity contribution >= 4 is 15.7 Å². The molecule has 4 nitrogen and oxygen atoms in total. The topological polar surface area (TPSA) is 72.2 Å². The lowest BCUT2D eigenvalue weighted by atomic mass is 9.92. The molecular weight excluding hydrogens is 272 g/mol. The molecule has 1 aliphatic rings. The number of benzene rings is 1. The van der Waals surface area contributed by atoms with Crippen molar-refractivity contribution in [2.75, 3.05) is 5.73 Å². The third kappa shape index (κ3) is 3.15. The maximum absolute atomic E-state index is 12.4. The summed E-state index contributed by atoms with van der Waals surface area (Å²) in [6, 6.07) is 3.26. The minimum absolute atomic E-state index is 0.0258. The normalized spacial score (nSPS) is 22.1. The number of nitrogen functional groups attached to an aromatic ring is 1. The monoisotopic (exact) mass is 296 g/mol. The van der Waals surface area contributed by atoms with Crippen LogP contribution in [0.4, 0.5) is 5.69 Å². The number of hydrogen-bond acceptors (Lipinski definition) is 3. The summed E-state index contributed by atoms with van der Waals surface area (Å²) in [6.45, 7) is 8.13. The van der Waals surface area contributed by atoms with Gasteiger partial charge in [0.25, 0.3) is 0 Å². The van der Waals surface area contributed by atoms with E-state index in [4.69, 9.17) is 5.73 Å². The van der Waals surface area contributed by atoms with Gasteiger partial charge >= 0.3 is 0 Å². The molecule has 0 spiro atoms. The van der Waals surface area contributed by atoms with Crippen molar-refractivity contribution in [1.82, 2.24) is 4.72 Å². The van der Waals surface area contributed by atoms with Crippen LogP contribution < -0.4 is 10.5 Å². The Morgan fingerprint density at radius 1 is 1.30 bits per heavy atom. The standard InChI is InChI=1S/C15H24N2O2S/c1-10-7-13(8-14(16)11(10)2)20(18,19)17-12-5-6-15(3,4)9-12/h7-8,12,17H,5-6,9,16H2,1-4H3. The lowest BCUT2D eigenvalue weighted by molar-refractivity contribution is 0.372. The van der Waals surface area contributed by atoms with Gasteiger partial charge in [-0.05, 0) is 61.8 Å². The number of aryl methyl sites for hydroxylation is 1. The second-order valence-corrected chi connectivity index (χ2v) is 8.39. The first-order valence-corrected chi connectivity index (χ1v) is 8.48. The Labute approximate surface area is 121 Å². The van der Waals surface area contributed by atoms with Gasteiger partial charge in [0.05, 0.1) is 4.90 Å². The molecule has 0 aliphatic heterocycles. The molecule has 1 aromatic rings. The molecule has 0 radical (unpaired) electrons. The van der Waals surface area contributed by atoms with E-state index in [0.29, 0.717) is 5.69 Å². The number of anilines is 1. The van der Waals surface area contributed by atoms with Crippen LogP contribution in [0, 0.1) is 19.3 Å². The number of nitrogens with two attached hydrogens (primary N) is 1. The summed E-state index contributed by atoms with van der Waals surface area (Å²) in [5.41, 5.74) is 8.46. The smallest absolute Gasteiger partial charge is 0.240 e. The lowest BCUT2D eigenvalue weighted by Crippen LogP contribution is -2.33. The number of hydrogen-bond donors (Lipinski definition) is 2. The maximum atomic E-state index is 12.4. The summed E-state index contributed by atoms with van der Waals surface area (Å²) in [5, 5.41) is 0. The quantitative estimate of drug-likeness (QED) is 0.842. The van der Waals surface area contributed by atoms with Crippen molar-refractivity contribution in [2.24, 2.45) is 5.41 Å². The minimum Gasteiger partial charge on any atom is -0.398 e. The van der Waals surface area contributed by atoms with Gasteiger partial charge in [0, 0.05) is 11.7 Å². The van der Waals surface area contributed by atoms with Gasteiger partial charge in [0.15, 0.2) is 0 Å². The largest absolute Gasteiger partial charge is 0.398 e. The number of sulfonamides is 1. The van der Waals surface area contributed by atoms with Gasteiger partial charge in [0.1, 0.15) is 0 Å². The molecule has 1 aromatic carbocycles. The van der Waals surface area contributed by atoms with E-state index in [1.54, 1.807) is 12.1 Å². The molecular formula is C15H24N2O2S. The van der Waals surface area contributed by atoms with Crippen LogP contribution in [0.15, 0.2) is 17.0 Å². The van der Waals surface area contributed by atoms with Crippen LogP contribution in [0.2, 0.25) is 0 Å². The molecule has 1 saturated carbocycles. The fourth-order valence-corrected chi connectivity index (χ4v) is 4.22. The van der Waals surface area contributed by atoms with Crippen molar-refractivity contribution in [3.05, 3.63) is 23.3 Å². The Morgan fingerprint density at radius 3 is 2.45 bits per heavy atom. The summed E-state index contributed by atoms with van der Waals surface area (Å²) in [7, 11) is -3.49. The molecule has 1 atom stereocenters. The summed E-state index contributed by atoms with van der Waals surface area (Å²) in [6.07, 6.45) is 2.83.